The summed E-state index contributed by atoms with van der Waals surface area (Å²) in [6, 6.07) is 19.7. The fourth-order valence-electron chi connectivity index (χ4n) is 3.94. The highest BCUT2D eigenvalue weighted by molar-refractivity contribution is 6.06. The lowest BCUT2D eigenvalue weighted by atomic mass is 9.95. The van der Waals surface area contributed by atoms with Gasteiger partial charge in [-0.3, -0.25) is 9.59 Å². The summed E-state index contributed by atoms with van der Waals surface area (Å²) >= 11 is 0. The van der Waals surface area contributed by atoms with Crippen LogP contribution in [0, 0.1) is 20.8 Å². The molecule has 0 spiro atoms. The number of aryl methyl sites for hydroxylation is 3. The summed E-state index contributed by atoms with van der Waals surface area (Å²) < 4.78 is 5.94. The van der Waals surface area contributed by atoms with Crippen LogP contribution in [0.1, 0.15) is 57.4 Å². The van der Waals surface area contributed by atoms with Crippen LogP contribution < -0.4 is 10.1 Å². The molecule has 0 saturated carbocycles. The lowest BCUT2D eigenvalue weighted by molar-refractivity contribution is -0.137. The Morgan fingerprint density at radius 1 is 0.939 bits per heavy atom. The quantitative estimate of drug-likeness (QED) is 0.419. The standard InChI is InChI=1S/C28H31NO4/c1-18-10-11-23(19(2)16-26(30)31)17-25(18)29-28(32)27-20(3)14-24(15-21(27)4)33-13-12-22-8-6-5-7-9-22/h5-11,14-15,17,19H,12-13,16H2,1-4H3,(H,29,32)(H,30,31). The average Bonchev–Trinajstić information content (AvgIpc) is 2.75. The molecule has 0 aliphatic rings. The molecule has 1 amide bonds. The van der Waals surface area contributed by atoms with Crippen LogP contribution in [0.4, 0.5) is 5.69 Å². The molecule has 1 unspecified atom stereocenters. The van der Waals surface area contributed by atoms with Crippen LogP contribution in [0.2, 0.25) is 0 Å². The van der Waals surface area contributed by atoms with E-state index in [2.05, 4.69) is 17.4 Å². The van der Waals surface area contributed by atoms with Gasteiger partial charge in [-0.05, 0) is 72.7 Å². The van der Waals surface area contributed by atoms with Crippen molar-refractivity contribution in [1.82, 2.24) is 0 Å². The number of aliphatic carboxylic acids is 1. The second-order valence-electron chi connectivity index (χ2n) is 8.54. The van der Waals surface area contributed by atoms with Crippen LogP contribution >= 0.6 is 0 Å². The van der Waals surface area contributed by atoms with E-state index >= 15 is 0 Å². The molecular weight excluding hydrogens is 414 g/mol. The summed E-state index contributed by atoms with van der Waals surface area (Å²) in [4.78, 5) is 24.2. The summed E-state index contributed by atoms with van der Waals surface area (Å²) in [5, 5.41) is 12.1. The fourth-order valence-corrected chi connectivity index (χ4v) is 3.94. The second kappa shape index (κ2) is 10.8. The van der Waals surface area contributed by atoms with Crippen molar-refractivity contribution < 1.29 is 19.4 Å². The van der Waals surface area contributed by atoms with Gasteiger partial charge in [-0.15, -0.1) is 0 Å². The first kappa shape index (κ1) is 24.1. The molecule has 0 saturated heterocycles. The molecular formula is C28H31NO4. The van der Waals surface area contributed by atoms with E-state index in [0.717, 1.165) is 34.4 Å². The Morgan fingerprint density at radius 2 is 1.61 bits per heavy atom. The van der Waals surface area contributed by atoms with Crippen molar-refractivity contribution in [1.29, 1.82) is 0 Å². The Morgan fingerprint density at radius 3 is 2.24 bits per heavy atom. The number of nitrogens with one attached hydrogen (secondary N) is 1. The third-order valence-corrected chi connectivity index (χ3v) is 5.80. The molecule has 5 heteroatoms. The molecule has 0 heterocycles. The summed E-state index contributed by atoms with van der Waals surface area (Å²) in [6.45, 7) is 8.17. The number of benzene rings is 3. The minimum atomic E-state index is -0.842. The van der Waals surface area contributed by atoms with E-state index in [9.17, 15) is 9.59 Å². The lowest BCUT2D eigenvalue weighted by Gasteiger charge is -2.16. The number of carboxylic acids is 1. The van der Waals surface area contributed by atoms with Crippen molar-refractivity contribution in [2.24, 2.45) is 0 Å². The van der Waals surface area contributed by atoms with Gasteiger partial charge in [0.05, 0.1) is 13.0 Å². The maximum Gasteiger partial charge on any atom is 0.303 e. The van der Waals surface area contributed by atoms with Crippen LogP contribution in [0.3, 0.4) is 0 Å². The molecule has 2 N–H and O–H groups in total. The zero-order valence-electron chi connectivity index (χ0n) is 19.6. The highest BCUT2D eigenvalue weighted by atomic mass is 16.5. The molecule has 3 aromatic rings. The largest absolute Gasteiger partial charge is 0.493 e. The third kappa shape index (κ3) is 6.45. The first-order valence-corrected chi connectivity index (χ1v) is 11.2. The molecule has 0 fully saturated rings. The Hall–Kier alpha value is -3.60. The van der Waals surface area contributed by atoms with Crippen LogP contribution in [0.5, 0.6) is 5.75 Å². The summed E-state index contributed by atoms with van der Waals surface area (Å²) in [5.41, 5.74) is 6.02. The summed E-state index contributed by atoms with van der Waals surface area (Å²) in [6.07, 6.45) is 0.859. The van der Waals surface area contributed by atoms with Crippen LogP contribution in [0.15, 0.2) is 60.7 Å². The minimum absolute atomic E-state index is 0.0421. The van der Waals surface area contributed by atoms with Crippen molar-refractivity contribution in [3.63, 3.8) is 0 Å². The molecule has 1 atom stereocenters. The van der Waals surface area contributed by atoms with Crippen LogP contribution in [-0.2, 0) is 11.2 Å². The van der Waals surface area contributed by atoms with Gasteiger partial charge in [-0.2, -0.15) is 0 Å². The first-order chi connectivity index (χ1) is 15.7. The molecule has 0 bridgehead atoms. The molecule has 5 nitrogen and oxygen atoms in total. The smallest absolute Gasteiger partial charge is 0.303 e. The van der Waals surface area contributed by atoms with E-state index in [1.807, 2.05) is 76.2 Å². The van der Waals surface area contributed by atoms with Gasteiger partial charge in [0.15, 0.2) is 0 Å². The van der Waals surface area contributed by atoms with Crippen molar-refractivity contribution in [3.8, 4) is 5.75 Å². The topological polar surface area (TPSA) is 75.6 Å². The maximum absolute atomic E-state index is 13.1. The summed E-state index contributed by atoms with van der Waals surface area (Å²) in [5.74, 6) is -0.425. The van der Waals surface area contributed by atoms with Crippen molar-refractivity contribution in [2.75, 3.05) is 11.9 Å². The second-order valence-corrected chi connectivity index (χ2v) is 8.54. The minimum Gasteiger partial charge on any atom is -0.493 e. The Balaban J connectivity index is 1.71. The van der Waals surface area contributed by atoms with Gasteiger partial charge in [0.2, 0.25) is 0 Å². The molecule has 3 aromatic carbocycles. The predicted octanol–water partition coefficient (Wildman–Crippen LogP) is 6.06. The van der Waals surface area contributed by atoms with Gasteiger partial charge in [-0.25, -0.2) is 0 Å². The number of hydrogen-bond donors (Lipinski definition) is 2. The molecule has 3 rings (SSSR count). The molecule has 0 aliphatic heterocycles. The highest BCUT2D eigenvalue weighted by Gasteiger charge is 2.17. The lowest BCUT2D eigenvalue weighted by Crippen LogP contribution is -2.16. The van der Waals surface area contributed by atoms with E-state index in [4.69, 9.17) is 9.84 Å². The van der Waals surface area contributed by atoms with Crippen LogP contribution in [0.25, 0.3) is 0 Å². The SMILES string of the molecule is Cc1ccc(C(C)CC(=O)O)cc1NC(=O)c1c(C)cc(OCCc2ccccc2)cc1C. The number of carbonyl (C=O) groups excluding carboxylic acids is 1. The number of ether oxygens (including phenoxy) is 1. The number of anilines is 1. The highest BCUT2D eigenvalue weighted by Crippen LogP contribution is 2.27. The van der Waals surface area contributed by atoms with E-state index in [0.29, 0.717) is 17.9 Å². The molecule has 0 aromatic heterocycles. The number of carbonyl (C=O) groups is 2. The maximum atomic E-state index is 13.1. The van der Waals surface area contributed by atoms with Gasteiger partial charge >= 0.3 is 5.97 Å². The zero-order valence-corrected chi connectivity index (χ0v) is 19.6. The van der Waals surface area contributed by atoms with E-state index in [-0.39, 0.29) is 18.2 Å². The first-order valence-electron chi connectivity index (χ1n) is 11.2. The Labute approximate surface area is 195 Å². The van der Waals surface area contributed by atoms with Gasteiger partial charge in [0.25, 0.3) is 5.91 Å². The average molecular weight is 446 g/mol. The Kier molecular flexibility index (Phi) is 7.88. The van der Waals surface area contributed by atoms with Crippen LogP contribution in [-0.4, -0.2) is 23.6 Å². The molecule has 33 heavy (non-hydrogen) atoms. The normalized spacial score (nSPS) is 11.6. The van der Waals surface area contributed by atoms with E-state index in [1.54, 1.807) is 0 Å². The van der Waals surface area contributed by atoms with Crippen molar-refractivity contribution >= 4 is 17.6 Å². The number of hydrogen-bond acceptors (Lipinski definition) is 3. The van der Waals surface area contributed by atoms with Crippen molar-refractivity contribution in [2.45, 2.75) is 46.5 Å². The molecule has 172 valence electrons. The number of carboxylic acid groups (broad SMARTS) is 1. The van der Waals surface area contributed by atoms with Gasteiger partial charge in [-0.1, -0.05) is 49.4 Å². The van der Waals surface area contributed by atoms with Gasteiger partial charge in [0, 0.05) is 17.7 Å². The molecule has 0 radical (unpaired) electrons. The number of rotatable bonds is 9. The summed E-state index contributed by atoms with van der Waals surface area (Å²) in [7, 11) is 0. The van der Waals surface area contributed by atoms with Gasteiger partial charge < -0.3 is 15.2 Å². The van der Waals surface area contributed by atoms with E-state index in [1.165, 1.54) is 5.56 Å². The molecule has 0 aliphatic carbocycles. The monoisotopic (exact) mass is 445 g/mol. The number of amides is 1. The van der Waals surface area contributed by atoms with Gasteiger partial charge in [0.1, 0.15) is 5.75 Å². The predicted molar refractivity (Wildman–Crippen MR) is 131 cm³/mol. The van der Waals surface area contributed by atoms with E-state index < -0.39 is 5.97 Å². The third-order valence-electron chi connectivity index (χ3n) is 5.80. The zero-order chi connectivity index (χ0) is 24.0. The Bertz CT molecular complexity index is 1110. The fraction of sp³-hybridized carbons (Fsp3) is 0.286. The van der Waals surface area contributed by atoms with Crippen molar-refractivity contribution in [3.05, 3.63) is 94.0 Å².